The van der Waals surface area contributed by atoms with Crippen LogP contribution in [0.5, 0.6) is 0 Å². The van der Waals surface area contributed by atoms with Crippen molar-refractivity contribution in [3.8, 4) is 0 Å². The second-order valence-corrected chi connectivity index (χ2v) is 15.4. The van der Waals surface area contributed by atoms with E-state index < -0.39 is 14.6 Å². The second-order valence-electron chi connectivity index (χ2n) is 10.6. The van der Waals surface area contributed by atoms with Crippen LogP contribution < -0.4 is 0 Å². The molecular formula is C24H40O4Si. The summed E-state index contributed by atoms with van der Waals surface area (Å²) in [5, 5.41) is 20.6. The smallest absolute Gasteiger partial charge is 0.192 e. The molecule has 0 bridgehead atoms. The first-order valence-corrected chi connectivity index (χ1v) is 14.2. The molecule has 0 radical (unpaired) electrons. The Morgan fingerprint density at radius 3 is 2.45 bits per heavy atom. The zero-order valence-electron chi connectivity index (χ0n) is 18.8. The van der Waals surface area contributed by atoms with Crippen molar-refractivity contribution >= 4 is 8.32 Å². The van der Waals surface area contributed by atoms with Crippen LogP contribution in [0.4, 0.5) is 0 Å². The molecule has 1 heterocycles. The van der Waals surface area contributed by atoms with Crippen LogP contribution in [0.3, 0.4) is 0 Å². The van der Waals surface area contributed by atoms with E-state index >= 15 is 0 Å². The van der Waals surface area contributed by atoms with Gasteiger partial charge in [-0.05, 0) is 61.2 Å². The van der Waals surface area contributed by atoms with E-state index in [1.54, 1.807) is 0 Å². The summed E-state index contributed by atoms with van der Waals surface area (Å²) in [7, 11) is -1.86. The number of aliphatic hydroxyl groups excluding tert-OH is 2. The lowest BCUT2D eigenvalue weighted by Gasteiger charge is -2.40. The van der Waals surface area contributed by atoms with E-state index in [-0.39, 0.29) is 35.2 Å². The van der Waals surface area contributed by atoms with Gasteiger partial charge in [0.15, 0.2) is 14.6 Å². The van der Waals surface area contributed by atoms with Gasteiger partial charge in [0, 0.05) is 18.9 Å². The van der Waals surface area contributed by atoms with Crippen molar-refractivity contribution in [2.24, 2.45) is 11.8 Å². The van der Waals surface area contributed by atoms with Crippen LogP contribution in [0.15, 0.2) is 30.3 Å². The van der Waals surface area contributed by atoms with Crippen molar-refractivity contribution in [2.75, 3.05) is 0 Å². The summed E-state index contributed by atoms with van der Waals surface area (Å²) >= 11 is 0. The fraction of sp³-hybridized carbons (Fsp3) is 0.750. The van der Waals surface area contributed by atoms with Crippen LogP contribution in [-0.4, -0.2) is 43.1 Å². The van der Waals surface area contributed by atoms with Crippen molar-refractivity contribution in [1.82, 2.24) is 0 Å². The van der Waals surface area contributed by atoms with Crippen LogP contribution in [-0.2, 0) is 15.6 Å². The molecule has 6 atom stereocenters. The summed E-state index contributed by atoms with van der Waals surface area (Å²) in [5.74, 6) is 0.488. The summed E-state index contributed by atoms with van der Waals surface area (Å²) in [4.78, 5) is 0. The van der Waals surface area contributed by atoms with Gasteiger partial charge in [-0.15, -0.1) is 0 Å². The van der Waals surface area contributed by atoms with Crippen molar-refractivity contribution in [1.29, 1.82) is 0 Å². The van der Waals surface area contributed by atoms with Gasteiger partial charge < -0.3 is 19.4 Å². The summed E-state index contributed by atoms with van der Waals surface area (Å²) in [6, 6.07) is 10.6. The quantitative estimate of drug-likeness (QED) is 0.588. The van der Waals surface area contributed by atoms with E-state index in [0.29, 0.717) is 12.8 Å². The number of fused-ring (bicyclic) bond motifs is 1. The highest BCUT2D eigenvalue weighted by Gasteiger charge is 2.48. The van der Waals surface area contributed by atoms with E-state index in [4.69, 9.17) is 9.16 Å². The number of hydrogen-bond donors (Lipinski definition) is 2. The minimum absolute atomic E-state index is 0.0223. The van der Waals surface area contributed by atoms with Crippen LogP contribution in [0.2, 0.25) is 18.1 Å². The number of benzene rings is 1. The Balaban J connectivity index is 1.64. The molecule has 4 nitrogen and oxygen atoms in total. The molecular weight excluding hydrogens is 380 g/mol. The van der Waals surface area contributed by atoms with Gasteiger partial charge in [-0.2, -0.15) is 0 Å². The van der Waals surface area contributed by atoms with Crippen LogP contribution in [0, 0.1) is 11.8 Å². The summed E-state index contributed by atoms with van der Waals surface area (Å²) in [6.45, 7) is 11.5. The molecule has 1 unspecified atom stereocenters. The van der Waals surface area contributed by atoms with E-state index in [1.165, 1.54) is 5.56 Å². The minimum Gasteiger partial charge on any atom is -0.414 e. The topological polar surface area (TPSA) is 58.9 Å². The average Bonchev–Trinajstić information content (AvgIpc) is 3.12. The number of aryl methyl sites for hydroxylation is 1. The second kappa shape index (κ2) is 9.19. The third kappa shape index (κ3) is 5.70. The maximum Gasteiger partial charge on any atom is 0.192 e. The Labute approximate surface area is 177 Å². The molecule has 3 rings (SSSR count). The summed E-state index contributed by atoms with van der Waals surface area (Å²) in [6.07, 6.45) is 4.48. The zero-order chi connectivity index (χ0) is 21.2. The van der Waals surface area contributed by atoms with Gasteiger partial charge in [0.25, 0.3) is 0 Å². The van der Waals surface area contributed by atoms with Gasteiger partial charge in [-0.25, -0.2) is 0 Å². The first-order valence-electron chi connectivity index (χ1n) is 11.3. The molecule has 0 aromatic heterocycles. The number of ether oxygens (including phenoxy) is 1. The van der Waals surface area contributed by atoms with E-state index in [9.17, 15) is 10.2 Å². The minimum atomic E-state index is -1.86. The third-order valence-corrected chi connectivity index (χ3v) is 12.0. The van der Waals surface area contributed by atoms with Gasteiger partial charge >= 0.3 is 0 Å². The van der Waals surface area contributed by atoms with Crippen LogP contribution >= 0.6 is 0 Å². The lowest BCUT2D eigenvalue weighted by molar-refractivity contribution is -0.0951. The first-order chi connectivity index (χ1) is 13.6. The van der Waals surface area contributed by atoms with Crippen LogP contribution in [0.1, 0.15) is 58.4 Å². The number of hydrogen-bond acceptors (Lipinski definition) is 4. The fourth-order valence-corrected chi connectivity index (χ4v) is 6.16. The van der Waals surface area contributed by atoms with E-state index in [2.05, 4.69) is 64.2 Å². The van der Waals surface area contributed by atoms with Gasteiger partial charge in [0.1, 0.15) is 0 Å². The molecule has 164 valence electrons. The van der Waals surface area contributed by atoms with Crippen LogP contribution in [0.25, 0.3) is 0 Å². The Morgan fingerprint density at radius 1 is 1.10 bits per heavy atom. The summed E-state index contributed by atoms with van der Waals surface area (Å²) < 4.78 is 12.4. The highest BCUT2D eigenvalue weighted by Crippen LogP contribution is 2.45. The standard InChI is InChI=1S/C24H40O4Si/c1-24(2,3)29(4,5)28-18(12-11-17-9-7-6-8-10-17)13-14-19-20-15-23(26)27-22(20)16-21(19)25/h6-10,18-23,25-26H,11-16H2,1-5H3/t18-,19+,20+,21+,22-,23?/m0/s1. The molecule has 2 fully saturated rings. The Morgan fingerprint density at radius 2 is 1.79 bits per heavy atom. The SMILES string of the molecule is CC(C)(C)[Si](C)(C)O[C@@H](CCc1ccccc1)CC[C@@H]1[C@H]2CC(O)O[C@H]2C[C@H]1O. The molecule has 1 aliphatic carbocycles. The predicted octanol–water partition coefficient (Wildman–Crippen LogP) is 4.89. The van der Waals surface area contributed by atoms with Crippen molar-refractivity contribution in [3.63, 3.8) is 0 Å². The third-order valence-electron chi connectivity index (χ3n) is 7.49. The molecule has 0 spiro atoms. The summed E-state index contributed by atoms with van der Waals surface area (Å²) in [5.41, 5.74) is 1.35. The first kappa shape index (κ1) is 23.0. The highest BCUT2D eigenvalue weighted by molar-refractivity contribution is 6.74. The van der Waals surface area contributed by atoms with Crippen molar-refractivity contribution in [3.05, 3.63) is 35.9 Å². The molecule has 0 amide bonds. The predicted molar refractivity (Wildman–Crippen MR) is 119 cm³/mol. The average molecular weight is 421 g/mol. The van der Waals surface area contributed by atoms with E-state index in [0.717, 1.165) is 25.7 Å². The molecule has 29 heavy (non-hydrogen) atoms. The van der Waals surface area contributed by atoms with Gasteiger partial charge in [0.05, 0.1) is 12.2 Å². The maximum atomic E-state index is 10.6. The molecule has 1 aliphatic heterocycles. The monoisotopic (exact) mass is 420 g/mol. The normalized spacial score (nSPS) is 31.1. The van der Waals surface area contributed by atoms with Crippen molar-refractivity contribution in [2.45, 2.75) is 102 Å². The van der Waals surface area contributed by atoms with Gasteiger partial charge in [-0.1, -0.05) is 51.1 Å². The molecule has 1 aromatic carbocycles. The molecule has 2 N–H and O–H groups in total. The molecule has 5 heteroatoms. The number of rotatable bonds is 8. The Kier molecular flexibility index (Phi) is 7.27. The lowest BCUT2D eigenvalue weighted by atomic mass is 9.86. The fourth-order valence-electron chi connectivity index (χ4n) is 4.73. The Bertz CT molecular complexity index is 642. The molecule has 1 saturated heterocycles. The number of aliphatic hydroxyl groups is 2. The molecule has 2 aliphatic rings. The maximum absolute atomic E-state index is 10.6. The lowest BCUT2D eigenvalue weighted by Crippen LogP contribution is -2.44. The van der Waals surface area contributed by atoms with Gasteiger partial charge in [0.2, 0.25) is 0 Å². The molecule has 1 saturated carbocycles. The highest BCUT2D eigenvalue weighted by atomic mass is 28.4. The largest absolute Gasteiger partial charge is 0.414 e. The zero-order valence-corrected chi connectivity index (χ0v) is 19.8. The van der Waals surface area contributed by atoms with Crippen molar-refractivity contribution < 1.29 is 19.4 Å². The van der Waals surface area contributed by atoms with Gasteiger partial charge in [-0.3, -0.25) is 0 Å². The molecule has 1 aromatic rings. The Hall–Kier alpha value is -0.723. The van der Waals surface area contributed by atoms with E-state index in [1.807, 2.05) is 0 Å².